The number of aromatic hydroxyl groups is 1. The number of rotatable bonds is 12. The molecule has 238 valence electrons. The Kier molecular flexibility index (Phi) is 9.79. The SMILES string of the molecule is C[C@@]12CCC[C@H]1[C@@H]1CCc3cc(O)ccc3[C@H]1[C@@H](c1ccc(OCCCCCS(=O)CCCC(F)(F)C(F)(F)F)cc1)C2. The van der Waals surface area contributed by atoms with Crippen LogP contribution in [0.1, 0.15) is 99.7 Å². The fourth-order valence-electron chi connectivity index (χ4n) is 8.27. The first-order valence-electron chi connectivity index (χ1n) is 15.7. The van der Waals surface area contributed by atoms with Gasteiger partial charge in [-0.3, -0.25) is 4.21 Å². The summed E-state index contributed by atoms with van der Waals surface area (Å²) in [6.07, 6.45) is 2.09. The minimum atomic E-state index is -5.56. The molecule has 3 aliphatic rings. The van der Waals surface area contributed by atoms with Crippen LogP contribution in [-0.2, 0) is 17.2 Å². The molecule has 0 saturated heterocycles. The molecule has 2 aromatic rings. The van der Waals surface area contributed by atoms with Crippen LogP contribution in [-0.4, -0.2) is 39.5 Å². The van der Waals surface area contributed by atoms with Crippen molar-refractivity contribution in [1.82, 2.24) is 0 Å². The van der Waals surface area contributed by atoms with Crippen LogP contribution in [0.5, 0.6) is 11.5 Å². The highest BCUT2D eigenvalue weighted by Crippen LogP contribution is 2.65. The Labute approximate surface area is 254 Å². The van der Waals surface area contributed by atoms with Gasteiger partial charge in [-0.1, -0.05) is 31.5 Å². The van der Waals surface area contributed by atoms with Gasteiger partial charge < -0.3 is 9.84 Å². The zero-order valence-corrected chi connectivity index (χ0v) is 25.6. The normalized spacial score (nSPS) is 27.7. The predicted octanol–water partition coefficient (Wildman–Crippen LogP) is 9.31. The third kappa shape index (κ3) is 7.23. The van der Waals surface area contributed by atoms with Crippen molar-refractivity contribution in [3.05, 3.63) is 59.2 Å². The molecular formula is C34H43F5O3S. The van der Waals surface area contributed by atoms with Crippen LogP contribution in [0.4, 0.5) is 22.0 Å². The van der Waals surface area contributed by atoms with Crippen LogP contribution in [0.2, 0.25) is 0 Å². The van der Waals surface area contributed by atoms with Crippen molar-refractivity contribution in [1.29, 1.82) is 0 Å². The Hall–Kier alpha value is -2.16. The van der Waals surface area contributed by atoms with E-state index in [9.17, 15) is 31.3 Å². The van der Waals surface area contributed by atoms with Crippen molar-refractivity contribution in [2.45, 2.75) is 101 Å². The Bertz CT molecular complexity index is 1260. The van der Waals surface area contributed by atoms with Gasteiger partial charge in [-0.2, -0.15) is 22.0 Å². The van der Waals surface area contributed by atoms with Gasteiger partial charge >= 0.3 is 12.1 Å². The Balaban J connectivity index is 1.10. The molecule has 2 aromatic carbocycles. The molecule has 0 spiro atoms. The fraction of sp³-hybridized carbons (Fsp3) is 0.647. The number of phenols is 1. The summed E-state index contributed by atoms with van der Waals surface area (Å²) < 4.78 is 80.6. The van der Waals surface area contributed by atoms with Gasteiger partial charge in [0.1, 0.15) is 11.5 Å². The smallest absolute Gasteiger partial charge is 0.453 e. The summed E-state index contributed by atoms with van der Waals surface area (Å²) >= 11 is 0. The highest BCUT2D eigenvalue weighted by atomic mass is 32.2. The van der Waals surface area contributed by atoms with Gasteiger partial charge in [0.25, 0.3) is 0 Å². The van der Waals surface area contributed by atoms with E-state index in [1.807, 2.05) is 24.3 Å². The standard InChI is InChI=1S/C34H43F5O3S/c1-32-16-5-7-30(32)28-14-10-24-21-25(40)11-15-27(24)31(28)29(22-32)23-8-12-26(13-9-23)42-18-3-2-4-19-43(41)20-6-17-33(35,36)34(37,38)39/h8-9,11-13,15,21,28-31,40H,2-7,10,14,16-20,22H2,1H3/t28-,29+,30-,31+,32-,43?/m0/s1. The lowest BCUT2D eigenvalue weighted by Gasteiger charge is -2.53. The van der Waals surface area contributed by atoms with Gasteiger partial charge in [0, 0.05) is 28.7 Å². The van der Waals surface area contributed by atoms with Crippen LogP contribution in [0, 0.1) is 17.3 Å². The number of phenolic OH excluding ortho intramolecular Hbond substituents is 1. The molecule has 0 heterocycles. The molecule has 0 aliphatic heterocycles. The third-order valence-electron chi connectivity index (χ3n) is 10.4. The topological polar surface area (TPSA) is 46.5 Å². The summed E-state index contributed by atoms with van der Waals surface area (Å²) in [5.74, 6) is -1.15. The minimum Gasteiger partial charge on any atom is -0.508 e. The summed E-state index contributed by atoms with van der Waals surface area (Å²) in [7, 11) is -1.41. The number of hydrogen-bond acceptors (Lipinski definition) is 3. The molecule has 1 unspecified atom stereocenters. The van der Waals surface area contributed by atoms with E-state index in [2.05, 4.69) is 25.1 Å². The number of benzene rings is 2. The van der Waals surface area contributed by atoms with E-state index in [0.29, 0.717) is 47.7 Å². The van der Waals surface area contributed by atoms with E-state index in [4.69, 9.17) is 4.74 Å². The van der Waals surface area contributed by atoms with Crippen molar-refractivity contribution in [3.63, 3.8) is 0 Å². The monoisotopic (exact) mass is 626 g/mol. The number of aryl methyl sites for hydroxylation is 1. The summed E-state index contributed by atoms with van der Waals surface area (Å²) in [6.45, 7) is 2.99. The number of fused-ring (bicyclic) bond motifs is 5. The van der Waals surface area contributed by atoms with Gasteiger partial charge in [-0.15, -0.1) is 0 Å². The highest BCUT2D eigenvalue weighted by molar-refractivity contribution is 7.84. The molecule has 3 aliphatic carbocycles. The van der Waals surface area contributed by atoms with E-state index >= 15 is 0 Å². The van der Waals surface area contributed by atoms with Gasteiger partial charge in [-0.05, 0) is 128 Å². The molecule has 3 nitrogen and oxygen atoms in total. The second kappa shape index (κ2) is 13.1. The van der Waals surface area contributed by atoms with Gasteiger partial charge in [-0.25, -0.2) is 0 Å². The fourth-order valence-corrected chi connectivity index (χ4v) is 9.47. The molecule has 2 fully saturated rings. The summed E-state index contributed by atoms with van der Waals surface area (Å²) in [5.41, 5.74) is 4.41. The first-order chi connectivity index (χ1) is 20.4. The number of ether oxygens (including phenoxy) is 1. The highest BCUT2D eigenvalue weighted by Gasteiger charge is 2.56. The average Bonchev–Trinajstić information content (AvgIpc) is 3.35. The maximum atomic E-state index is 13.0. The van der Waals surface area contributed by atoms with E-state index < -0.39 is 35.7 Å². The lowest BCUT2D eigenvalue weighted by atomic mass is 9.51. The zero-order chi connectivity index (χ0) is 30.8. The van der Waals surface area contributed by atoms with Gasteiger partial charge in [0.05, 0.1) is 6.61 Å². The van der Waals surface area contributed by atoms with Crippen LogP contribution in [0.3, 0.4) is 0 Å². The van der Waals surface area contributed by atoms with E-state index in [1.54, 1.807) is 0 Å². The second-order valence-electron chi connectivity index (χ2n) is 13.2. The van der Waals surface area contributed by atoms with E-state index in [0.717, 1.165) is 30.9 Å². The molecule has 0 amide bonds. The Morgan fingerprint density at radius 3 is 2.47 bits per heavy atom. The molecule has 9 heteroatoms. The molecule has 0 aromatic heterocycles. The van der Waals surface area contributed by atoms with Gasteiger partial charge in [0.15, 0.2) is 0 Å². The lowest BCUT2D eigenvalue weighted by Crippen LogP contribution is -2.43. The van der Waals surface area contributed by atoms with Crippen LogP contribution >= 0.6 is 0 Å². The quantitative estimate of drug-likeness (QED) is 0.189. The molecule has 6 atom stereocenters. The molecule has 0 radical (unpaired) electrons. The Morgan fingerprint density at radius 1 is 0.977 bits per heavy atom. The Morgan fingerprint density at radius 2 is 1.72 bits per heavy atom. The van der Waals surface area contributed by atoms with Crippen LogP contribution in [0.15, 0.2) is 42.5 Å². The van der Waals surface area contributed by atoms with Crippen LogP contribution < -0.4 is 4.74 Å². The largest absolute Gasteiger partial charge is 0.508 e. The average molecular weight is 627 g/mol. The number of hydrogen-bond donors (Lipinski definition) is 1. The summed E-state index contributed by atoms with van der Waals surface area (Å²) in [5, 5.41) is 10.1. The first-order valence-corrected chi connectivity index (χ1v) is 17.2. The van der Waals surface area contributed by atoms with E-state index in [1.165, 1.54) is 48.8 Å². The molecule has 2 saturated carbocycles. The second-order valence-corrected chi connectivity index (χ2v) is 14.9. The van der Waals surface area contributed by atoms with Crippen molar-refractivity contribution < 1.29 is 36.0 Å². The predicted molar refractivity (Wildman–Crippen MR) is 159 cm³/mol. The molecule has 1 N–H and O–H groups in total. The molecular weight excluding hydrogens is 583 g/mol. The van der Waals surface area contributed by atoms with Crippen molar-refractivity contribution >= 4 is 10.8 Å². The number of unbranched alkanes of at least 4 members (excludes halogenated alkanes) is 2. The first kappa shape index (κ1) is 32.2. The van der Waals surface area contributed by atoms with E-state index in [-0.39, 0.29) is 5.75 Å². The maximum absolute atomic E-state index is 13.0. The number of halogens is 5. The molecule has 0 bridgehead atoms. The maximum Gasteiger partial charge on any atom is 0.453 e. The van der Waals surface area contributed by atoms with Gasteiger partial charge in [0.2, 0.25) is 0 Å². The third-order valence-corrected chi connectivity index (χ3v) is 11.8. The summed E-state index contributed by atoms with van der Waals surface area (Å²) in [4.78, 5) is 0. The lowest BCUT2D eigenvalue weighted by molar-refractivity contribution is -0.284. The van der Waals surface area contributed by atoms with Crippen LogP contribution in [0.25, 0.3) is 0 Å². The molecule has 5 rings (SSSR count). The van der Waals surface area contributed by atoms with Crippen molar-refractivity contribution in [2.24, 2.45) is 17.3 Å². The minimum absolute atomic E-state index is 0.148. The zero-order valence-electron chi connectivity index (χ0n) is 24.8. The number of alkyl halides is 5. The van der Waals surface area contributed by atoms with Crippen molar-refractivity contribution in [3.8, 4) is 11.5 Å². The van der Waals surface area contributed by atoms with Crippen molar-refractivity contribution in [2.75, 3.05) is 18.1 Å². The molecule has 43 heavy (non-hydrogen) atoms. The summed E-state index contributed by atoms with van der Waals surface area (Å²) in [6, 6.07) is 14.4.